The van der Waals surface area contributed by atoms with Crippen LogP contribution in [0.25, 0.3) is 0 Å². The fourth-order valence-electron chi connectivity index (χ4n) is 4.69. The van der Waals surface area contributed by atoms with E-state index in [1.807, 2.05) is 24.3 Å². The first kappa shape index (κ1) is 22.6. The van der Waals surface area contributed by atoms with E-state index in [9.17, 15) is 24.3 Å². The number of carbonyl (C=O) groups is 3. The molecule has 3 heterocycles. The molecular formula is C24H27N3O6. The average Bonchev–Trinajstić information content (AvgIpc) is 2.81. The number of carboxylic acid groups (broad SMARTS) is 1. The minimum Gasteiger partial charge on any atom is -0.480 e. The van der Waals surface area contributed by atoms with Gasteiger partial charge in [0.1, 0.15) is 12.6 Å². The lowest BCUT2D eigenvalue weighted by Crippen LogP contribution is -2.49. The number of benzene rings is 1. The quantitative estimate of drug-likeness (QED) is 0.662. The molecule has 1 aromatic carbocycles. The fourth-order valence-corrected chi connectivity index (χ4v) is 4.69. The number of hydrogen-bond donors (Lipinski definition) is 2. The second-order valence-corrected chi connectivity index (χ2v) is 8.63. The van der Waals surface area contributed by atoms with Crippen molar-refractivity contribution in [3.63, 3.8) is 0 Å². The summed E-state index contributed by atoms with van der Waals surface area (Å²) < 4.78 is 6.89. The third kappa shape index (κ3) is 5.42. The van der Waals surface area contributed by atoms with Crippen molar-refractivity contribution in [2.24, 2.45) is 5.92 Å². The first-order valence-electron chi connectivity index (χ1n) is 11.1. The predicted molar refractivity (Wildman–Crippen MR) is 119 cm³/mol. The van der Waals surface area contributed by atoms with E-state index < -0.39 is 18.1 Å². The Kier molecular flexibility index (Phi) is 6.76. The van der Waals surface area contributed by atoms with Gasteiger partial charge in [-0.05, 0) is 30.4 Å². The topological polar surface area (TPSA) is 118 Å². The van der Waals surface area contributed by atoms with Crippen LogP contribution in [-0.4, -0.2) is 51.7 Å². The van der Waals surface area contributed by atoms with Gasteiger partial charge in [-0.1, -0.05) is 36.4 Å². The number of hydrogen-bond acceptors (Lipinski definition) is 5. The molecule has 0 aliphatic carbocycles. The average molecular weight is 453 g/mol. The Morgan fingerprint density at radius 1 is 1.06 bits per heavy atom. The van der Waals surface area contributed by atoms with E-state index in [4.69, 9.17) is 4.74 Å². The fraction of sp³-hybridized carbons (Fsp3) is 0.417. The highest BCUT2D eigenvalue weighted by atomic mass is 16.5. The summed E-state index contributed by atoms with van der Waals surface area (Å²) in [6.45, 7) is 1.66. The molecule has 1 aromatic heterocycles. The Balaban J connectivity index is 1.30. The molecule has 2 bridgehead atoms. The molecule has 1 fully saturated rings. The van der Waals surface area contributed by atoms with Crippen molar-refractivity contribution in [2.45, 2.75) is 44.4 Å². The third-order valence-corrected chi connectivity index (χ3v) is 6.28. The number of likely N-dealkylation sites (tertiary alicyclic amines) is 1. The van der Waals surface area contributed by atoms with Crippen LogP contribution in [0.2, 0.25) is 0 Å². The maximum absolute atomic E-state index is 12.9. The van der Waals surface area contributed by atoms with Gasteiger partial charge in [-0.25, -0.2) is 9.59 Å². The standard InChI is InChI=1S/C24H27N3O6/c28-21(26-12-17-11-18(14-26)20-7-4-8-22(29)27(20)13-17)10-9-19(23(30)31)25-24(32)33-15-16-5-2-1-3-6-16/h1-8,17-19H,9-15H2,(H,25,32)(H,30,31). The third-order valence-electron chi connectivity index (χ3n) is 6.28. The van der Waals surface area contributed by atoms with E-state index in [0.29, 0.717) is 19.6 Å². The van der Waals surface area contributed by atoms with Gasteiger partial charge in [0.05, 0.1) is 0 Å². The summed E-state index contributed by atoms with van der Waals surface area (Å²) in [4.78, 5) is 50.4. The summed E-state index contributed by atoms with van der Waals surface area (Å²) in [5.74, 6) is -1.08. The van der Waals surface area contributed by atoms with Crippen molar-refractivity contribution in [1.29, 1.82) is 0 Å². The Hall–Kier alpha value is -3.62. The molecule has 2 amide bonds. The van der Waals surface area contributed by atoms with Crippen LogP contribution in [0, 0.1) is 5.92 Å². The van der Waals surface area contributed by atoms with E-state index in [1.54, 1.807) is 33.7 Å². The first-order valence-corrected chi connectivity index (χ1v) is 11.1. The number of piperidine rings is 1. The van der Waals surface area contributed by atoms with Gasteiger partial charge in [0.2, 0.25) is 5.91 Å². The second kappa shape index (κ2) is 9.89. The number of nitrogens with one attached hydrogen (secondary N) is 1. The zero-order chi connectivity index (χ0) is 23.4. The van der Waals surface area contributed by atoms with E-state index >= 15 is 0 Å². The number of pyridine rings is 1. The van der Waals surface area contributed by atoms with Crippen LogP contribution in [-0.2, 0) is 27.5 Å². The molecule has 4 rings (SSSR count). The summed E-state index contributed by atoms with van der Waals surface area (Å²) in [5.41, 5.74) is 1.72. The minimum absolute atomic E-state index is 0.00301. The molecule has 2 N–H and O–H groups in total. The van der Waals surface area contributed by atoms with Crippen molar-refractivity contribution >= 4 is 18.0 Å². The first-order chi connectivity index (χ1) is 15.9. The number of ether oxygens (including phenoxy) is 1. The van der Waals surface area contributed by atoms with Crippen LogP contribution >= 0.6 is 0 Å². The normalized spacial score (nSPS) is 19.8. The van der Waals surface area contributed by atoms with Gasteiger partial charge in [-0.15, -0.1) is 0 Å². The molecule has 2 aliphatic rings. The number of nitrogens with zero attached hydrogens (tertiary/aromatic N) is 2. The molecule has 174 valence electrons. The molecule has 0 saturated carbocycles. The molecular weight excluding hydrogens is 426 g/mol. The molecule has 9 heteroatoms. The Labute approximate surface area is 191 Å². The zero-order valence-electron chi connectivity index (χ0n) is 18.2. The highest BCUT2D eigenvalue weighted by Gasteiger charge is 2.36. The van der Waals surface area contributed by atoms with Crippen molar-refractivity contribution in [3.8, 4) is 0 Å². The van der Waals surface area contributed by atoms with Crippen molar-refractivity contribution < 1.29 is 24.2 Å². The summed E-state index contributed by atoms with van der Waals surface area (Å²) in [6.07, 6.45) is 0.0565. The van der Waals surface area contributed by atoms with E-state index in [1.165, 1.54) is 0 Å². The number of alkyl carbamates (subject to hydrolysis) is 1. The number of rotatable bonds is 7. The van der Waals surface area contributed by atoms with Gasteiger partial charge in [0.25, 0.3) is 5.56 Å². The summed E-state index contributed by atoms with van der Waals surface area (Å²) >= 11 is 0. The predicted octanol–water partition coefficient (Wildman–Crippen LogP) is 1.95. The molecule has 1 saturated heterocycles. The molecule has 0 spiro atoms. The molecule has 33 heavy (non-hydrogen) atoms. The van der Waals surface area contributed by atoms with E-state index in [0.717, 1.165) is 17.7 Å². The number of aliphatic carboxylic acids is 1. The van der Waals surface area contributed by atoms with Gasteiger partial charge in [0.15, 0.2) is 0 Å². The molecule has 0 radical (unpaired) electrons. The van der Waals surface area contributed by atoms with E-state index in [2.05, 4.69) is 5.32 Å². The maximum atomic E-state index is 12.9. The summed E-state index contributed by atoms with van der Waals surface area (Å²) in [7, 11) is 0. The van der Waals surface area contributed by atoms with E-state index in [-0.39, 0.29) is 42.8 Å². The smallest absolute Gasteiger partial charge is 0.408 e. The highest BCUT2D eigenvalue weighted by molar-refractivity contribution is 5.82. The van der Waals surface area contributed by atoms with Crippen molar-refractivity contribution in [3.05, 3.63) is 70.1 Å². The zero-order valence-corrected chi connectivity index (χ0v) is 18.2. The number of fused-ring (bicyclic) bond motifs is 4. The largest absolute Gasteiger partial charge is 0.480 e. The molecule has 9 nitrogen and oxygen atoms in total. The van der Waals surface area contributed by atoms with Crippen LogP contribution in [0.3, 0.4) is 0 Å². The van der Waals surface area contributed by atoms with Gasteiger partial charge in [0, 0.05) is 43.7 Å². The number of aromatic nitrogens is 1. The number of carbonyl (C=O) groups excluding carboxylic acids is 2. The maximum Gasteiger partial charge on any atom is 0.408 e. The van der Waals surface area contributed by atoms with Crippen LogP contribution < -0.4 is 10.9 Å². The summed E-state index contributed by atoms with van der Waals surface area (Å²) in [6, 6.07) is 13.1. The van der Waals surface area contributed by atoms with Gasteiger partial charge in [-0.2, -0.15) is 0 Å². The number of amides is 2. The van der Waals surface area contributed by atoms with Crippen molar-refractivity contribution in [1.82, 2.24) is 14.8 Å². The number of carboxylic acids is 1. The van der Waals surface area contributed by atoms with Crippen molar-refractivity contribution in [2.75, 3.05) is 13.1 Å². The molecule has 3 atom stereocenters. The van der Waals surface area contributed by atoms with Crippen LogP contribution in [0.4, 0.5) is 4.79 Å². The summed E-state index contributed by atoms with van der Waals surface area (Å²) in [5, 5.41) is 11.8. The lowest BCUT2D eigenvalue weighted by atomic mass is 9.83. The Bertz CT molecular complexity index is 1080. The van der Waals surface area contributed by atoms with Crippen LogP contribution in [0.15, 0.2) is 53.3 Å². The Morgan fingerprint density at radius 3 is 2.61 bits per heavy atom. The Morgan fingerprint density at radius 2 is 1.85 bits per heavy atom. The van der Waals surface area contributed by atoms with Crippen LogP contribution in [0.1, 0.15) is 36.4 Å². The monoisotopic (exact) mass is 453 g/mol. The SMILES string of the molecule is O=C(NC(CCC(=O)N1CC2CC(C1)c1cccc(=O)n1C2)C(=O)O)OCc1ccccc1. The minimum atomic E-state index is -1.22. The molecule has 2 aliphatic heterocycles. The van der Waals surface area contributed by atoms with Crippen LogP contribution in [0.5, 0.6) is 0 Å². The molecule has 2 aromatic rings. The lowest BCUT2D eigenvalue weighted by molar-refractivity contribution is -0.140. The lowest BCUT2D eigenvalue weighted by Gasteiger charge is -2.42. The van der Waals surface area contributed by atoms with Gasteiger partial charge in [-0.3, -0.25) is 9.59 Å². The highest BCUT2D eigenvalue weighted by Crippen LogP contribution is 2.35. The van der Waals surface area contributed by atoms with Gasteiger partial charge < -0.3 is 24.6 Å². The van der Waals surface area contributed by atoms with Gasteiger partial charge >= 0.3 is 12.1 Å². The molecule has 3 unspecified atom stereocenters. The second-order valence-electron chi connectivity index (χ2n) is 8.63.